The Morgan fingerprint density at radius 2 is 1.90 bits per heavy atom. The maximum absolute atomic E-state index is 12.8. The SMILES string of the molecule is O=C1CC(C(F)(F)F)NC(N2CCc3ccccc3C2)N1. The van der Waals surface area contributed by atoms with E-state index in [0.29, 0.717) is 13.1 Å². The molecule has 4 nitrogen and oxygen atoms in total. The minimum atomic E-state index is -4.41. The highest BCUT2D eigenvalue weighted by Gasteiger charge is 2.45. The van der Waals surface area contributed by atoms with Gasteiger partial charge in [-0.3, -0.25) is 15.0 Å². The highest BCUT2D eigenvalue weighted by Crippen LogP contribution is 2.26. The van der Waals surface area contributed by atoms with E-state index in [-0.39, 0.29) is 0 Å². The molecular formula is C14H16F3N3O. The molecule has 0 aromatic heterocycles. The molecule has 1 saturated heterocycles. The van der Waals surface area contributed by atoms with Crippen LogP contribution < -0.4 is 10.6 Å². The molecule has 2 aliphatic rings. The van der Waals surface area contributed by atoms with Gasteiger partial charge in [0.2, 0.25) is 5.91 Å². The first kappa shape index (κ1) is 14.3. The Morgan fingerprint density at radius 1 is 1.19 bits per heavy atom. The van der Waals surface area contributed by atoms with Gasteiger partial charge in [0.25, 0.3) is 0 Å². The van der Waals surface area contributed by atoms with Crippen LogP contribution in [0.5, 0.6) is 0 Å². The van der Waals surface area contributed by atoms with Crippen LogP contribution in [0.25, 0.3) is 0 Å². The van der Waals surface area contributed by atoms with Crippen molar-refractivity contribution in [1.82, 2.24) is 15.5 Å². The zero-order valence-corrected chi connectivity index (χ0v) is 11.3. The van der Waals surface area contributed by atoms with E-state index in [4.69, 9.17) is 0 Å². The van der Waals surface area contributed by atoms with Crippen LogP contribution in [0.2, 0.25) is 0 Å². The van der Waals surface area contributed by atoms with Crippen molar-refractivity contribution in [2.45, 2.75) is 37.9 Å². The van der Waals surface area contributed by atoms with Crippen LogP contribution in [0.3, 0.4) is 0 Å². The van der Waals surface area contributed by atoms with Gasteiger partial charge in [0.05, 0.1) is 6.42 Å². The molecule has 3 rings (SSSR count). The van der Waals surface area contributed by atoms with Gasteiger partial charge in [-0.25, -0.2) is 0 Å². The van der Waals surface area contributed by atoms with E-state index in [0.717, 1.165) is 12.0 Å². The summed E-state index contributed by atoms with van der Waals surface area (Å²) < 4.78 is 38.5. The molecule has 0 saturated carbocycles. The molecule has 1 aromatic rings. The van der Waals surface area contributed by atoms with Crippen LogP contribution in [-0.2, 0) is 17.8 Å². The zero-order chi connectivity index (χ0) is 15.0. The first-order chi connectivity index (χ1) is 9.93. The van der Waals surface area contributed by atoms with Crippen LogP contribution in [0.4, 0.5) is 13.2 Å². The second-order valence-corrected chi connectivity index (χ2v) is 5.42. The highest BCUT2D eigenvalue weighted by atomic mass is 19.4. The smallest absolute Gasteiger partial charge is 0.328 e. The monoisotopic (exact) mass is 299 g/mol. The summed E-state index contributed by atoms with van der Waals surface area (Å²) in [6, 6.07) is 6.07. The van der Waals surface area contributed by atoms with E-state index in [1.807, 2.05) is 29.2 Å². The summed E-state index contributed by atoms with van der Waals surface area (Å²) in [7, 11) is 0. The number of amides is 1. The van der Waals surface area contributed by atoms with Gasteiger partial charge < -0.3 is 5.32 Å². The van der Waals surface area contributed by atoms with Crippen molar-refractivity contribution in [3.05, 3.63) is 35.4 Å². The molecule has 0 spiro atoms. The largest absolute Gasteiger partial charge is 0.404 e. The average Bonchev–Trinajstić information content (AvgIpc) is 2.45. The Morgan fingerprint density at radius 3 is 2.62 bits per heavy atom. The normalized spacial score (nSPS) is 27.1. The van der Waals surface area contributed by atoms with Gasteiger partial charge in [-0.1, -0.05) is 24.3 Å². The Kier molecular flexibility index (Phi) is 3.62. The molecule has 0 radical (unpaired) electrons. The molecule has 7 heteroatoms. The number of hydrogen-bond donors (Lipinski definition) is 2. The predicted octanol–water partition coefficient (Wildman–Crippen LogP) is 1.37. The fourth-order valence-electron chi connectivity index (χ4n) is 2.83. The van der Waals surface area contributed by atoms with Gasteiger partial charge in [-0.05, 0) is 17.5 Å². The molecule has 21 heavy (non-hydrogen) atoms. The third kappa shape index (κ3) is 3.03. The summed E-state index contributed by atoms with van der Waals surface area (Å²) in [4.78, 5) is 13.4. The predicted molar refractivity (Wildman–Crippen MR) is 70.1 cm³/mol. The molecule has 2 N–H and O–H groups in total. The molecule has 0 bridgehead atoms. The summed E-state index contributed by atoms with van der Waals surface area (Å²) in [6.45, 7) is 1.14. The lowest BCUT2D eigenvalue weighted by molar-refractivity contribution is -0.175. The Bertz CT molecular complexity index is 547. The standard InChI is InChI=1S/C14H16F3N3O/c15-14(16,17)11-7-12(21)19-13(18-11)20-6-5-9-3-1-2-4-10(9)8-20/h1-4,11,13,18H,5-8H2,(H,19,21). The lowest BCUT2D eigenvalue weighted by Crippen LogP contribution is -2.67. The fourth-order valence-corrected chi connectivity index (χ4v) is 2.83. The fraction of sp³-hybridized carbons (Fsp3) is 0.500. The van der Waals surface area contributed by atoms with E-state index in [9.17, 15) is 18.0 Å². The molecular weight excluding hydrogens is 283 g/mol. The van der Waals surface area contributed by atoms with Gasteiger partial charge in [-0.2, -0.15) is 13.2 Å². The summed E-state index contributed by atoms with van der Waals surface area (Å²) >= 11 is 0. The Balaban J connectivity index is 1.74. The number of rotatable bonds is 1. The van der Waals surface area contributed by atoms with Gasteiger partial charge >= 0.3 is 6.18 Å². The summed E-state index contributed by atoms with van der Waals surface area (Å²) in [5.74, 6) is -0.570. The first-order valence-corrected chi connectivity index (χ1v) is 6.86. The van der Waals surface area contributed by atoms with Crippen LogP contribution in [0.15, 0.2) is 24.3 Å². The van der Waals surface area contributed by atoms with Gasteiger partial charge in [-0.15, -0.1) is 0 Å². The van der Waals surface area contributed by atoms with Crippen molar-refractivity contribution >= 4 is 5.91 Å². The molecule has 1 fully saturated rings. The third-order valence-electron chi connectivity index (χ3n) is 3.97. The maximum Gasteiger partial charge on any atom is 0.404 e. The topological polar surface area (TPSA) is 44.4 Å². The minimum Gasteiger partial charge on any atom is -0.328 e. The highest BCUT2D eigenvalue weighted by molar-refractivity contribution is 5.77. The van der Waals surface area contributed by atoms with Crippen LogP contribution in [0.1, 0.15) is 17.5 Å². The van der Waals surface area contributed by atoms with E-state index >= 15 is 0 Å². The molecule has 2 unspecified atom stereocenters. The quantitative estimate of drug-likeness (QED) is 0.823. The van der Waals surface area contributed by atoms with Crippen molar-refractivity contribution in [1.29, 1.82) is 0 Å². The molecule has 2 aliphatic heterocycles. The number of nitrogens with zero attached hydrogens (tertiary/aromatic N) is 1. The maximum atomic E-state index is 12.8. The van der Waals surface area contributed by atoms with Gasteiger partial charge in [0.1, 0.15) is 12.3 Å². The zero-order valence-electron chi connectivity index (χ0n) is 11.3. The number of benzene rings is 1. The van der Waals surface area contributed by atoms with Crippen LogP contribution >= 0.6 is 0 Å². The number of nitrogens with one attached hydrogen (secondary N) is 2. The summed E-state index contributed by atoms with van der Waals surface area (Å²) in [6.07, 6.45) is -4.99. The second-order valence-electron chi connectivity index (χ2n) is 5.42. The van der Waals surface area contributed by atoms with E-state index in [1.54, 1.807) is 0 Å². The van der Waals surface area contributed by atoms with Gasteiger partial charge in [0, 0.05) is 13.1 Å². The minimum absolute atomic E-state index is 0.526. The molecule has 2 atom stereocenters. The summed E-state index contributed by atoms with van der Waals surface area (Å²) in [5, 5.41) is 5.09. The van der Waals surface area contributed by atoms with Gasteiger partial charge in [0.15, 0.2) is 0 Å². The van der Waals surface area contributed by atoms with E-state index < -0.39 is 30.8 Å². The van der Waals surface area contributed by atoms with E-state index in [1.165, 1.54) is 5.56 Å². The van der Waals surface area contributed by atoms with Crippen LogP contribution in [-0.4, -0.2) is 35.9 Å². The lowest BCUT2D eigenvalue weighted by atomic mass is 10.00. The summed E-state index contributed by atoms with van der Waals surface area (Å²) in [5.41, 5.74) is 2.30. The third-order valence-corrected chi connectivity index (χ3v) is 3.97. The Labute approximate surface area is 120 Å². The molecule has 114 valence electrons. The van der Waals surface area contributed by atoms with Crippen molar-refractivity contribution in [3.8, 4) is 0 Å². The Hall–Kier alpha value is -1.60. The van der Waals surface area contributed by atoms with Crippen molar-refractivity contribution in [2.75, 3.05) is 6.54 Å². The number of alkyl halides is 3. The molecule has 1 aromatic carbocycles. The number of halogens is 3. The molecule has 2 heterocycles. The lowest BCUT2D eigenvalue weighted by Gasteiger charge is -2.41. The van der Waals surface area contributed by atoms with Crippen molar-refractivity contribution in [2.24, 2.45) is 0 Å². The number of carbonyl (C=O) groups excluding carboxylic acids is 1. The second kappa shape index (κ2) is 5.31. The number of hydrogen-bond acceptors (Lipinski definition) is 3. The molecule has 1 amide bonds. The number of fused-ring (bicyclic) bond motifs is 1. The average molecular weight is 299 g/mol. The first-order valence-electron chi connectivity index (χ1n) is 6.86. The van der Waals surface area contributed by atoms with Crippen LogP contribution in [0, 0.1) is 0 Å². The van der Waals surface area contributed by atoms with Crippen molar-refractivity contribution in [3.63, 3.8) is 0 Å². The number of carbonyl (C=O) groups is 1. The molecule has 0 aliphatic carbocycles. The van der Waals surface area contributed by atoms with E-state index in [2.05, 4.69) is 10.6 Å². The van der Waals surface area contributed by atoms with Crippen molar-refractivity contribution < 1.29 is 18.0 Å².